The third kappa shape index (κ3) is 5.66. The third-order valence-electron chi connectivity index (χ3n) is 7.74. The van der Waals surface area contributed by atoms with Crippen LogP contribution in [0.4, 0.5) is 0 Å². The fourth-order valence-corrected chi connectivity index (χ4v) is 5.46. The number of aliphatic hydroxyl groups is 6. The predicted molar refractivity (Wildman–Crippen MR) is 123 cm³/mol. The molecule has 0 radical (unpaired) electrons. The summed E-state index contributed by atoms with van der Waals surface area (Å²) in [4.78, 5) is 0. The maximum absolute atomic E-state index is 11.1. The average Bonchev–Trinajstić information content (AvgIpc) is 2.86. The Labute approximate surface area is 213 Å². The molecule has 0 aromatic carbocycles. The van der Waals surface area contributed by atoms with Crippen molar-refractivity contribution in [3.05, 3.63) is 0 Å². The lowest BCUT2D eigenvalue weighted by Gasteiger charge is -2.51. The fraction of sp³-hybridized carbons (Fsp3) is 1.00. The second-order valence-corrected chi connectivity index (χ2v) is 10.3. The highest BCUT2D eigenvalue weighted by molar-refractivity contribution is 5.01. The molecule has 0 bridgehead atoms. The van der Waals surface area contributed by atoms with E-state index in [-0.39, 0.29) is 12.8 Å². The summed E-state index contributed by atoms with van der Waals surface area (Å²) in [5.41, 5.74) is 24.0. The van der Waals surface area contributed by atoms with Crippen molar-refractivity contribution >= 4 is 0 Å². The molecule has 1 aliphatic carbocycles. The maximum atomic E-state index is 11.1. The first-order valence-electron chi connectivity index (χ1n) is 12.5. The van der Waals surface area contributed by atoms with Crippen LogP contribution in [0.5, 0.6) is 0 Å². The molecule has 15 N–H and O–H groups in total. The molecule has 0 aromatic heterocycles. The second kappa shape index (κ2) is 11.8. The molecule has 0 amide bonds. The van der Waals surface area contributed by atoms with E-state index in [2.05, 4.69) is 5.32 Å². The Kier molecular flexibility index (Phi) is 9.40. The topological polar surface area (TPSA) is 284 Å². The number of aliphatic hydroxyl groups excluding tert-OH is 6. The van der Waals surface area contributed by atoms with Crippen LogP contribution in [0.15, 0.2) is 0 Å². The highest BCUT2D eigenvalue weighted by atomic mass is 16.8. The second-order valence-electron chi connectivity index (χ2n) is 10.3. The molecule has 3 aliphatic heterocycles. The Hall–Kier alpha value is -0.640. The Morgan fingerprint density at radius 2 is 1.43 bits per heavy atom. The van der Waals surface area contributed by atoms with E-state index >= 15 is 0 Å². The maximum Gasteiger partial charge on any atom is 0.189 e. The Bertz CT molecular complexity index is 756. The van der Waals surface area contributed by atoms with Gasteiger partial charge in [0.1, 0.15) is 42.7 Å². The molecule has 4 aliphatic rings. The highest BCUT2D eigenvalue weighted by Gasteiger charge is 2.54. The molecule has 16 nitrogen and oxygen atoms in total. The average molecular weight is 540 g/mol. The number of nitrogens with one attached hydrogen (secondary N) is 1. The van der Waals surface area contributed by atoms with E-state index in [9.17, 15) is 30.6 Å². The first kappa shape index (κ1) is 29.3. The summed E-state index contributed by atoms with van der Waals surface area (Å²) < 4.78 is 29.2. The van der Waals surface area contributed by atoms with E-state index in [1.807, 2.05) is 0 Å². The standard InChI is InChI=1S/C21H41N5O11/c1-26-11-14(30)18-8(33-20(11)37-21-16(32)13(29)10(25)9(4-27)34-21)3-7(24)19(36-18)35-17-6(23)2-5(22)12(28)15(17)31/h5-21,26-32H,2-4,22-25H2,1H3/t5-,6+,7-,8+,9-,10-,11+,12+,13+,14-,15-,16-,17-,18+,19?,20-,21-/m1/s1. The first-order valence-corrected chi connectivity index (χ1v) is 12.5. The number of hydrogen-bond acceptors (Lipinski definition) is 16. The van der Waals surface area contributed by atoms with Gasteiger partial charge in [0.05, 0.1) is 36.9 Å². The predicted octanol–water partition coefficient (Wildman–Crippen LogP) is -6.95. The molecular formula is C21H41N5O11. The van der Waals surface area contributed by atoms with Crippen molar-refractivity contribution < 1.29 is 54.3 Å². The van der Waals surface area contributed by atoms with Crippen molar-refractivity contribution in [2.75, 3.05) is 13.7 Å². The van der Waals surface area contributed by atoms with Crippen molar-refractivity contribution in [3.8, 4) is 0 Å². The lowest BCUT2D eigenvalue weighted by Crippen LogP contribution is -2.70. The van der Waals surface area contributed by atoms with Crippen molar-refractivity contribution in [1.82, 2.24) is 5.32 Å². The van der Waals surface area contributed by atoms with Gasteiger partial charge in [-0.3, -0.25) is 0 Å². The van der Waals surface area contributed by atoms with Crippen LogP contribution in [0.25, 0.3) is 0 Å². The van der Waals surface area contributed by atoms with Gasteiger partial charge in [-0.25, -0.2) is 0 Å². The zero-order valence-electron chi connectivity index (χ0n) is 20.5. The summed E-state index contributed by atoms with van der Waals surface area (Å²) in [7, 11) is 1.55. The van der Waals surface area contributed by atoms with Gasteiger partial charge in [0.15, 0.2) is 18.9 Å². The van der Waals surface area contributed by atoms with Crippen molar-refractivity contribution in [3.63, 3.8) is 0 Å². The Morgan fingerprint density at radius 3 is 2.08 bits per heavy atom. The molecule has 0 aromatic rings. The molecule has 4 rings (SSSR count). The zero-order chi connectivity index (χ0) is 27.2. The van der Waals surface area contributed by atoms with E-state index in [1.54, 1.807) is 7.05 Å². The van der Waals surface area contributed by atoms with Gasteiger partial charge in [0.25, 0.3) is 0 Å². The molecule has 3 heterocycles. The van der Waals surface area contributed by atoms with Crippen molar-refractivity contribution in [1.29, 1.82) is 0 Å². The van der Waals surface area contributed by atoms with Crippen LogP contribution in [0.2, 0.25) is 0 Å². The largest absolute Gasteiger partial charge is 0.394 e. The smallest absolute Gasteiger partial charge is 0.189 e. The highest BCUT2D eigenvalue weighted by Crippen LogP contribution is 2.35. The van der Waals surface area contributed by atoms with Gasteiger partial charge in [0, 0.05) is 12.1 Å². The quantitative estimate of drug-likeness (QED) is 0.149. The van der Waals surface area contributed by atoms with Gasteiger partial charge in [-0.1, -0.05) is 0 Å². The molecule has 17 atom stereocenters. The normalized spacial score (nSPS) is 55.1. The molecule has 1 saturated carbocycles. The van der Waals surface area contributed by atoms with Gasteiger partial charge in [0.2, 0.25) is 0 Å². The molecule has 37 heavy (non-hydrogen) atoms. The third-order valence-corrected chi connectivity index (χ3v) is 7.74. The van der Waals surface area contributed by atoms with Crippen LogP contribution >= 0.6 is 0 Å². The summed E-state index contributed by atoms with van der Waals surface area (Å²) in [5, 5.41) is 64.7. The van der Waals surface area contributed by atoms with Gasteiger partial charge in [-0.15, -0.1) is 0 Å². The number of hydrogen-bond donors (Lipinski definition) is 11. The van der Waals surface area contributed by atoms with Crippen LogP contribution in [-0.2, 0) is 23.7 Å². The summed E-state index contributed by atoms with van der Waals surface area (Å²) in [6.07, 6.45) is -13.7. The van der Waals surface area contributed by atoms with Gasteiger partial charge in [-0.05, 0) is 19.9 Å². The minimum absolute atomic E-state index is 0.156. The van der Waals surface area contributed by atoms with Crippen LogP contribution < -0.4 is 28.3 Å². The van der Waals surface area contributed by atoms with E-state index in [4.69, 9.17) is 46.6 Å². The van der Waals surface area contributed by atoms with Crippen LogP contribution in [-0.4, -0.2) is 148 Å². The number of likely N-dealkylation sites (N-methyl/N-ethyl adjacent to an activating group) is 1. The summed E-state index contributed by atoms with van der Waals surface area (Å²) >= 11 is 0. The van der Waals surface area contributed by atoms with Crippen molar-refractivity contribution in [2.24, 2.45) is 22.9 Å². The summed E-state index contributed by atoms with van der Waals surface area (Å²) in [5.74, 6) is 0. The lowest BCUT2D eigenvalue weighted by molar-refractivity contribution is -0.373. The lowest BCUT2D eigenvalue weighted by atomic mass is 9.84. The molecule has 4 fully saturated rings. The zero-order valence-corrected chi connectivity index (χ0v) is 20.5. The van der Waals surface area contributed by atoms with E-state index in [1.165, 1.54) is 0 Å². The number of nitrogens with two attached hydrogens (primary N) is 4. The van der Waals surface area contributed by atoms with Gasteiger partial charge in [-0.2, -0.15) is 0 Å². The molecule has 16 heteroatoms. The van der Waals surface area contributed by atoms with Crippen LogP contribution in [0.3, 0.4) is 0 Å². The molecular weight excluding hydrogens is 498 g/mol. The van der Waals surface area contributed by atoms with Gasteiger partial charge >= 0.3 is 0 Å². The molecule has 216 valence electrons. The number of rotatable bonds is 6. The summed E-state index contributed by atoms with van der Waals surface area (Å²) in [6, 6.07) is -4.05. The Morgan fingerprint density at radius 1 is 0.730 bits per heavy atom. The molecule has 0 spiro atoms. The Balaban J connectivity index is 1.43. The first-order chi connectivity index (χ1) is 17.5. The minimum Gasteiger partial charge on any atom is -0.394 e. The van der Waals surface area contributed by atoms with Crippen LogP contribution in [0, 0.1) is 0 Å². The SMILES string of the molecule is CN[C@@H]1[C@@H](O[C@H]2O[C@H](CO)[C@@H](N)[C@H](O)[C@H]2O)O[C@H]2C[C@@H](N)C(O[C@H]3[C@H](O)[C@@H](O)[C@H](N)C[C@@H]3N)O[C@@H]2[C@@H]1O. The van der Waals surface area contributed by atoms with Crippen molar-refractivity contribution in [2.45, 2.75) is 117 Å². The van der Waals surface area contributed by atoms with E-state index < -0.39 is 111 Å². The fourth-order valence-electron chi connectivity index (χ4n) is 5.46. The van der Waals surface area contributed by atoms with Crippen LogP contribution in [0.1, 0.15) is 12.8 Å². The molecule has 3 saturated heterocycles. The summed E-state index contributed by atoms with van der Waals surface area (Å²) in [6.45, 7) is -0.508. The number of fused-ring (bicyclic) bond motifs is 1. The minimum atomic E-state index is -1.54. The monoisotopic (exact) mass is 539 g/mol. The molecule has 1 unspecified atom stereocenters. The van der Waals surface area contributed by atoms with Gasteiger partial charge < -0.3 is 82.6 Å². The number of ether oxygens (including phenoxy) is 5. The van der Waals surface area contributed by atoms with E-state index in [0.29, 0.717) is 0 Å². The van der Waals surface area contributed by atoms with E-state index in [0.717, 1.165) is 0 Å².